The molecule has 0 aromatic heterocycles. The van der Waals surface area contributed by atoms with Crippen LogP contribution >= 0.6 is 27.7 Å². The maximum atomic E-state index is 10.5. The van der Waals surface area contributed by atoms with Gasteiger partial charge in [-0.1, -0.05) is 33.8 Å². The number of carboxylic acids is 1. The molecule has 0 saturated heterocycles. The van der Waals surface area contributed by atoms with E-state index in [4.69, 9.17) is 10.4 Å². The molecule has 2 N–H and O–H groups in total. The highest BCUT2D eigenvalue weighted by molar-refractivity contribution is 9.10. The van der Waals surface area contributed by atoms with Gasteiger partial charge in [-0.2, -0.15) is 5.26 Å². The van der Waals surface area contributed by atoms with Crippen LogP contribution in [-0.4, -0.2) is 22.5 Å². The number of thioether (sulfide) groups is 1. The number of carbonyl (C=O) groups is 1. The van der Waals surface area contributed by atoms with Gasteiger partial charge in [-0.3, -0.25) is 5.32 Å². The second-order valence-electron chi connectivity index (χ2n) is 3.23. The second-order valence-corrected chi connectivity index (χ2v) is 4.94. The van der Waals surface area contributed by atoms with Crippen molar-refractivity contribution in [1.29, 1.82) is 5.26 Å². The van der Waals surface area contributed by atoms with Crippen LogP contribution in [0.15, 0.2) is 33.7 Å². The number of hydrogen-bond acceptors (Lipinski definition) is 4. The largest absolute Gasteiger partial charge is 0.478 e. The molecule has 0 aliphatic rings. The summed E-state index contributed by atoms with van der Waals surface area (Å²) < 4.78 is 0.816. The molecule has 0 radical (unpaired) electrons. The van der Waals surface area contributed by atoms with Crippen molar-refractivity contribution in [3.8, 4) is 6.19 Å². The van der Waals surface area contributed by atoms with Crippen LogP contribution in [0.2, 0.25) is 0 Å². The molecule has 0 unspecified atom stereocenters. The minimum absolute atomic E-state index is 0.436. The van der Waals surface area contributed by atoms with Crippen LogP contribution in [-0.2, 0) is 4.79 Å². The van der Waals surface area contributed by atoms with E-state index in [2.05, 4.69) is 26.2 Å². The number of nitrogens with one attached hydrogen (secondary N) is 1. The minimum atomic E-state index is -1.03. The molecule has 5 nitrogen and oxygen atoms in total. The number of hydrogen-bond donors (Lipinski definition) is 2. The first-order chi connectivity index (χ1) is 9.06. The number of carboxylic acid groups (broad SMARTS) is 1. The van der Waals surface area contributed by atoms with Crippen LogP contribution in [0, 0.1) is 11.5 Å². The molecule has 0 aliphatic carbocycles. The van der Waals surface area contributed by atoms with Crippen molar-refractivity contribution >= 4 is 50.6 Å². The zero-order valence-electron chi connectivity index (χ0n) is 9.92. The normalized spacial score (nSPS) is 11.3. The first kappa shape index (κ1) is 15.3. The fourth-order valence-electron chi connectivity index (χ4n) is 1.20. The molecule has 0 fully saturated rings. The van der Waals surface area contributed by atoms with E-state index in [1.54, 1.807) is 30.6 Å². The van der Waals surface area contributed by atoms with Gasteiger partial charge >= 0.3 is 5.97 Å². The lowest BCUT2D eigenvalue weighted by atomic mass is 10.1. The molecule has 0 atom stereocenters. The zero-order valence-corrected chi connectivity index (χ0v) is 12.3. The molecule has 1 aromatic rings. The second kappa shape index (κ2) is 7.61. The highest BCUT2D eigenvalue weighted by atomic mass is 79.9. The third kappa shape index (κ3) is 5.16. The van der Waals surface area contributed by atoms with E-state index in [1.165, 1.54) is 17.8 Å². The third-order valence-electron chi connectivity index (χ3n) is 1.98. The Morgan fingerprint density at radius 2 is 2.37 bits per heavy atom. The molecule has 19 heavy (non-hydrogen) atoms. The molecule has 0 spiro atoms. The van der Waals surface area contributed by atoms with Gasteiger partial charge in [0.05, 0.1) is 5.69 Å². The molecule has 0 heterocycles. The Kier molecular flexibility index (Phi) is 6.12. The monoisotopic (exact) mass is 339 g/mol. The lowest BCUT2D eigenvalue weighted by molar-refractivity contribution is -0.131. The minimum Gasteiger partial charge on any atom is -0.478 e. The molecule has 0 bridgehead atoms. The zero-order chi connectivity index (χ0) is 14.3. The van der Waals surface area contributed by atoms with Crippen molar-refractivity contribution in [3.63, 3.8) is 0 Å². The number of nitriles is 1. The van der Waals surface area contributed by atoms with E-state index in [9.17, 15) is 4.79 Å². The maximum Gasteiger partial charge on any atom is 0.328 e. The van der Waals surface area contributed by atoms with Crippen molar-refractivity contribution in [1.82, 2.24) is 5.32 Å². The Balaban J connectivity index is 3.21. The van der Waals surface area contributed by atoms with E-state index in [0.717, 1.165) is 10.5 Å². The summed E-state index contributed by atoms with van der Waals surface area (Å²) in [5.74, 6) is -1.03. The van der Waals surface area contributed by atoms with Gasteiger partial charge in [-0.15, -0.1) is 0 Å². The van der Waals surface area contributed by atoms with Crippen molar-refractivity contribution in [2.24, 2.45) is 4.99 Å². The predicted octanol–water partition coefficient (Wildman–Crippen LogP) is 2.97. The van der Waals surface area contributed by atoms with Crippen LogP contribution in [0.1, 0.15) is 5.56 Å². The number of halogens is 1. The summed E-state index contributed by atoms with van der Waals surface area (Å²) in [4.78, 5) is 14.8. The van der Waals surface area contributed by atoms with Crippen molar-refractivity contribution < 1.29 is 9.90 Å². The number of aliphatic imine (C=N–C) groups is 1. The van der Waals surface area contributed by atoms with Gasteiger partial charge in [-0.25, -0.2) is 9.79 Å². The quantitative estimate of drug-likeness (QED) is 0.290. The Bertz CT molecular complexity index is 579. The topological polar surface area (TPSA) is 85.5 Å². The molecular weight excluding hydrogens is 330 g/mol. The SMILES string of the molecule is CSC(=Nc1cc(Br)ccc1C=CC(=O)O)NC#N. The third-order valence-corrected chi connectivity index (χ3v) is 3.05. The Labute approximate surface area is 123 Å². The van der Waals surface area contributed by atoms with E-state index < -0.39 is 5.97 Å². The Hall–Kier alpha value is -1.78. The fourth-order valence-corrected chi connectivity index (χ4v) is 1.88. The van der Waals surface area contributed by atoms with Gasteiger partial charge in [0, 0.05) is 16.1 Å². The first-order valence-electron chi connectivity index (χ1n) is 5.05. The number of aliphatic carboxylic acids is 1. The average Bonchev–Trinajstić information content (AvgIpc) is 2.37. The summed E-state index contributed by atoms with van der Waals surface area (Å²) in [6.45, 7) is 0. The van der Waals surface area contributed by atoms with Crippen LogP contribution in [0.5, 0.6) is 0 Å². The summed E-state index contributed by atoms with van der Waals surface area (Å²) in [6, 6.07) is 5.28. The molecule has 0 aliphatic heterocycles. The molecule has 1 aromatic carbocycles. The van der Waals surface area contributed by atoms with Crippen molar-refractivity contribution in [2.75, 3.05) is 6.26 Å². The molecular formula is C12H10BrN3O2S. The standard InChI is InChI=1S/C12H10BrN3O2S/c1-19-12(15-7-14)16-10-6-9(13)4-2-8(10)3-5-11(17)18/h2-6H,1H3,(H,15,16)(H,17,18). The summed E-state index contributed by atoms with van der Waals surface area (Å²) in [7, 11) is 0. The van der Waals surface area contributed by atoms with E-state index in [1.807, 2.05) is 0 Å². The highest BCUT2D eigenvalue weighted by Gasteiger charge is 2.03. The van der Waals surface area contributed by atoms with E-state index in [-0.39, 0.29) is 0 Å². The lowest BCUT2D eigenvalue weighted by Crippen LogP contribution is -2.12. The predicted molar refractivity (Wildman–Crippen MR) is 80.2 cm³/mol. The van der Waals surface area contributed by atoms with E-state index >= 15 is 0 Å². The Morgan fingerprint density at radius 3 is 2.95 bits per heavy atom. The molecule has 1 rings (SSSR count). The summed E-state index contributed by atoms with van der Waals surface area (Å²) in [5, 5.41) is 20.1. The van der Waals surface area contributed by atoms with Gasteiger partial charge in [0.2, 0.25) is 0 Å². The molecule has 0 amide bonds. The summed E-state index contributed by atoms with van der Waals surface area (Å²) >= 11 is 4.61. The summed E-state index contributed by atoms with van der Waals surface area (Å²) in [6.07, 6.45) is 6.08. The lowest BCUT2D eigenvalue weighted by Gasteiger charge is -2.04. The molecule has 98 valence electrons. The number of rotatable bonds is 3. The van der Waals surface area contributed by atoms with Crippen LogP contribution in [0.25, 0.3) is 6.08 Å². The maximum absolute atomic E-state index is 10.5. The average molecular weight is 340 g/mol. The molecule has 7 heteroatoms. The van der Waals surface area contributed by atoms with Crippen LogP contribution < -0.4 is 5.32 Å². The molecule has 0 saturated carbocycles. The van der Waals surface area contributed by atoms with Gasteiger partial charge in [0.1, 0.15) is 0 Å². The van der Waals surface area contributed by atoms with Gasteiger partial charge in [0.25, 0.3) is 0 Å². The van der Waals surface area contributed by atoms with Gasteiger partial charge in [0.15, 0.2) is 11.4 Å². The van der Waals surface area contributed by atoms with Crippen LogP contribution in [0.3, 0.4) is 0 Å². The van der Waals surface area contributed by atoms with Gasteiger partial charge in [-0.05, 0) is 24.5 Å². The highest BCUT2D eigenvalue weighted by Crippen LogP contribution is 2.26. The summed E-state index contributed by atoms with van der Waals surface area (Å²) in [5.41, 5.74) is 1.22. The number of nitrogens with zero attached hydrogens (tertiary/aromatic N) is 2. The van der Waals surface area contributed by atoms with Crippen molar-refractivity contribution in [2.45, 2.75) is 0 Å². The number of benzene rings is 1. The number of amidine groups is 1. The van der Waals surface area contributed by atoms with Gasteiger partial charge < -0.3 is 5.11 Å². The first-order valence-corrected chi connectivity index (χ1v) is 7.07. The van der Waals surface area contributed by atoms with E-state index in [0.29, 0.717) is 16.4 Å². The van der Waals surface area contributed by atoms with Crippen molar-refractivity contribution in [3.05, 3.63) is 34.3 Å². The Morgan fingerprint density at radius 1 is 1.63 bits per heavy atom. The van der Waals surface area contributed by atoms with Crippen LogP contribution in [0.4, 0.5) is 5.69 Å². The fraction of sp³-hybridized carbons (Fsp3) is 0.0833. The smallest absolute Gasteiger partial charge is 0.328 e.